The first-order valence-corrected chi connectivity index (χ1v) is 9.71. The van der Waals surface area contributed by atoms with Crippen molar-refractivity contribution in [3.63, 3.8) is 0 Å². The van der Waals surface area contributed by atoms with E-state index in [0.29, 0.717) is 18.5 Å². The molecule has 2 aromatic rings. The van der Waals surface area contributed by atoms with Gasteiger partial charge in [-0.05, 0) is 49.4 Å². The van der Waals surface area contributed by atoms with Crippen molar-refractivity contribution in [2.45, 2.75) is 32.2 Å². The lowest BCUT2D eigenvalue weighted by molar-refractivity contribution is -0.135. The summed E-state index contributed by atoms with van der Waals surface area (Å²) in [4.78, 5) is 50.9. The number of nitrogens with zero attached hydrogens (tertiary/aromatic N) is 1. The summed E-state index contributed by atoms with van der Waals surface area (Å²) in [5.41, 5.74) is 3.12. The third kappa shape index (κ3) is 3.30. The topological polar surface area (TPSA) is 108 Å². The molecule has 6 amide bonds. The maximum atomic E-state index is 13.1. The SMILES string of the molecule is Cc1ccc(NC(=O)NC(=O)CN2C(=O)N[C@]3(CCc4ccccc43)C2=O)c(C)c1. The largest absolute Gasteiger partial charge is 0.325 e. The molecule has 1 aliphatic heterocycles. The van der Waals surface area contributed by atoms with E-state index in [4.69, 9.17) is 0 Å². The number of carbonyl (C=O) groups excluding carboxylic acids is 4. The first-order chi connectivity index (χ1) is 14.3. The van der Waals surface area contributed by atoms with Crippen molar-refractivity contribution in [1.82, 2.24) is 15.5 Å². The summed E-state index contributed by atoms with van der Waals surface area (Å²) in [5.74, 6) is -1.22. The number of benzene rings is 2. The van der Waals surface area contributed by atoms with Crippen LogP contribution in [0.2, 0.25) is 0 Å². The molecule has 1 saturated heterocycles. The van der Waals surface area contributed by atoms with Crippen LogP contribution < -0.4 is 16.0 Å². The van der Waals surface area contributed by atoms with Gasteiger partial charge in [-0.3, -0.25) is 19.8 Å². The molecule has 0 saturated carbocycles. The van der Waals surface area contributed by atoms with Crippen LogP contribution in [-0.4, -0.2) is 35.3 Å². The lowest BCUT2D eigenvalue weighted by atomic mass is 9.92. The second kappa shape index (κ2) is 7.29. The van der Waals surface area contributed by atoms with Gasteiger partial charge in [-0.15, -0.1) is 0 Å². The number of nitrogens with one attached hydrogen (secondary N) is 3. The van der Waals surface area contributed by atoms with Crippen molar-refractivity contribution in [3.05, 3.63) is 64.7 Å². The summed E-state index contributed by atoms with van der Waals surface area (Å²) in [6.07, 6.45) is 1.11. The van der Waals surface area contributed by atoms with Gasteiger partial charge in [0.2, 0.25) is 5.91 Å². The molecule has 154 valence electrons. The monoisotopic (exact) mass is 406 g/mol. The van der Waals surface area contributed by atoms with E-state index in [9.17, 15) is 19.2 Å². The standard InChI is InChI=1S/C22H22N4O4/c1-13-7-8-17(14(2)11-13)23-20(29)24-18(27)12-26-19(28)22(25-21(26)30)10-9-15-5-3-4-6-16(15)22/h3-8,11H,9-10,12H2,1-2H3,(H,25,30)(H2,23,24,27,29)/t22-/m0/s1. The van der Waals surface area contributed by atoms with Crippen molar-refractivity contribution in [2.75, 3.05) is 11.9 Å². The fourth-order valence-electron chi connectivity index (χ4n) is 4.15. The average Bonchev–Trinajstić information content (AvgIpc) is 3.18. The molecule has 0 aromatic heterocycles. The third-order valence-electron chi connectivity index (χ3n) is 5.61. The number of aryl methyl sites for hydroxylation is 3. The summed E-state index contributed by atoms with van der Waals surface area (Å²) in [7, 11) is 0. The smallest absolute Gasteiger partial charge is 0.319 e. The molecule has 3 N–H and O–H groups in total. The zero-order chi connectivity index (χ0) is 21.5. The van der Waals surface area contributed by atoms with Crippen LogP contribution in [0.3, 0.4) is 0 Å². The number of carbonyl (C=O) groups is 4. The molecule has 0 radical (unpaired) electrons. The Morgan fingerprint density at radius 2 is 1.90 bits per heavy atom. The Bertz CT molecular complexity index is 1080. The fourth-order valence-corrected chi connectivity index (χ4v) is 4.15. The molecular formula is C22H22N4O4. The highest BCUT2D eigenvalue weighted by Gasteiger charge is 2.55. The zero-order valence-corrected chi connectivity index (χ0v) is 16.7. The van der Waals surface area contributed by atoms with Gasteiger partial charge < -0.3 is 10.6 Å². The van der Waals surface area contributed by atoms with Crippen LogP contribution in [0.4, 0.5) is 15.3 Å². The van der Waals surface area contributed by atoms with E-state index in [-0.39, 0.29) is 0 Å². The van der Waals surface area contributed by atoms with Gasteiger partial charge in [0.25, 0.3) is 5.91 Å². The van der Waals surface area contributed by atoms with Gasteiger partial charge in [0, 0.05) is 5.69 Å². The number of rotatable bonds is 3. The Balaban J connectivity index is 1.42. The summed E-state index contributed by atoms with van der Waals surface area (Å²) in [5, 5.41) is 7.53. The Hall–Kier alpha value is -3.68. The Morgan fingerprint density at radius 3 is 2.67 bits per heavy atom. The van der Waals surface area contributed by atoms with E-state index in [2.05, 4.69) is 16.0 Å². The lowest BCUT2D eigenvalue weighted by Gasteiger charge is -2.22. The summed E-state index contributed by atoms with van der Waals surface area (Å²) >= 11 is 0. The zero-order valence-electron chi connectivity index (χ0n) is 16.7. The van der Waals surface area contributed by atoms with Crippen molar-refractivity contribution in [2.24, 2.45) is 0 Å². The van der Waals surface area contributed by atoms with E-state index in [1.54, 1.807) is 6.07 Å². The van der Waals surface area contributed by atoms with Crippen molar-refractivity contribution >= 4 is 29.6 Å². The van der Waals surface area contributed by atoms with Crippen LogP contribution in [0.1, 0.15) is 28.7 Å². The number of anilines is 1. The van der Waals surface area contributed by atoms with Crippen LogP contribution in [0.15, 0.2) is 42.5 Å². The number of fused-ring (bicyclic) bond motifs is 2. The molecule has 30 heavy (non-hydrogen) atoms. The highest BCUT2D eigenvalue weighted by atomic mass is 16.2. The van der Waals surface area contributed by atoms with E-state index >= 15 is 0 Å². The second-order valence-corrected chi connectivity index (χ2v) is 7.70. The van der Waals surface area contributed by atoms with Gasteiger partial charge >= 0.3 is 12.1 Å². The molecule has 4 rings (SSSR count). The molecule has 1 fully saturated rings. The highest BCUT2D eigenvalue weighted by Crippen LogP contribution is 2.41. The van der Waals surface area contributed by atoms with E-state index < -0.39 is 36.0 Å². The minimum Gasteiger partial charge on any atom is -0.319 e. The highest BCUT2D eigenvalue weighted by molar-refractivity contribution is 6.11. The number of imide groups is 2. The predicted molar refractivity (Wildman–Crippen MR) is 110 cm³/mol. The van der Waals surface area contributed by atoms with Gasteiger partial charge in [-0.25, -0.2) is 9.59 Å². The fraction of sp³-hybridized carbons (Fsp3) is 0.273. The molecule has 8 nitrogen and oxygen atoms in total. The molecule has 8 heteroatoms. The molecule has 1 spiro atoms. The van der Waals surface area contributed by atoms with Crippen molar-refractivity contribution < 1.29 is 19.2 Å². The minimum atomic E-state index is -1.13. The number of hydrogen-bond acceptors (Lipinski definition) is 4. The summed E-state index contributed by atoms with van der Waals surface area (Å²) in [6.45, 7) is 3.25. The molecule has 1 heterocycles. The van der Waals surface area contributed by atoms with E-state index in [0.717, 1.165) is 27.2 Å². The maximum absolute atomic E-state index is 13.1. The predicted octanol–water partition coefficient (Wildman–Crippen LogP) is 2.35. The molecule has 2 aromatic carbocycles. The molecule has 0 unspecified atom stereocenters. The van der Waals surface area contributed by atoms with E-state index in [1.807, 2.05) is 50.2 Å². The lowest BCUT2D eigenvalue weighted by Crippen LogP contribution is -2.45. The minimum absolute atomic E-state index is 0.447. The Kier molecular flexibility index (Phi) is 4.77. The molecule has 1 atom stereocenters. The Labute approximate surface area is 173 Å². The normalized spacial score (nSPS) is 19.6. The number of hydrogen-bond donors (Lipinski definition) is 3. The Morgan fingerprint density at radius 1 is 1.13 bits per heavy atom. The quantitative estimate of drug-likeness (QED) is 0.680. The third-order valence-corrected chi connectivity index (χ3v) is 5.61. The van der Waals surface area contributed by atoms with Crippen LogP contribution in [0.5, 0.6) is 0 Å². The van der Waals surface area contributed by atoms with Crippen LogP contribution >= 0.6 is 0 Å². The van der Waals surface area contributed by atoms with Crippen molar-refractivity contribution in [1.29, 1.82) is 0 Å². The first-order valence-electron chi connectivity index (χ1n) is 9.71. The van der Waals surface area contributed by atoms with Gasteiger partial charge in [0.05, 0.1) is 0 Å². The molecular weight excluding hydrogens is 384 g/mol. The number of urea groups is 2. The van der Waals surface area contributed by atoms with Gasteiger partial charge in [-0.1, -0.05) is 42.0 Å². The summed E-state index contributed by atoms with van der Waals surface area (Å²) in [6, 6.07) is 11.6. The second-order valence-electron chi connectivity index (χ2n) is 7.70. The van der Waals surface area contributed by atoms with Crippen LogP contribution in [0, 0.1) is 13.8 Å². The van der Waals surface area contributed by atoms with Crippen molar-refractivity contribution in [3.8, 4) is 0 Å². The van der Waals surface area contributed by atoms with Gasteiger partial charge in [-0.2, -0.15) is 0 Å². The van der Waals surface area contributed by atoms with E-state index in [1.165, 1.54) is 0 Å². The molecule has 1 aliphatic carbocycles. The van der Waals surface area contributed by atoms with Gasteiger partial charge in [0.15, 0.2) is 0 Å². The molecule has 0 bridgehead atoms. The first kappa shape index (κ1) is 19.6. The van der Waals surface area contributed by atoms with Crippen LogP contribution in [-0.2, 0) is 21.5 Å². The maximum Gasteiger partial charge on any atom is 0.325 e. The van der Waals surface area contributed by atoms with Gasteiger partial charge in [0.1, 0.15) is 12.1 Å². The number of amides is 6. The average molecular weight is 406 g/mol. The molecule has 2 aliphatic rings. The summed E-state index contributed by atoms with van der Waals surface area (Å²) < 4.78 is 0. The van der Waals surface area contributed by atoms with Crippen LogP contribution in [0.25, 0.3) is 0 Å².